The first-order chi connectivity index (χ1) is 22.0. The van der Waals surface area contributed by atoms with Crippen molar-refractivity contribution in [3.8, 4) is 11.1 Å². The van der Waals surface area contributed by atoms with Gasteiger partial charge in [-0.05, 0) is 84.1 Å². The molecule has 0 radical (unpaired) electrons. The number of furan rings is 2. The van der Waals surface area contributed by atoms with Crippen LogP contribution in [-0.4, -0.2) is 0 Å². The largest absolute Gasteiger partial charge is 0.454 e. The fraction of sp³-hybridized carbons (Fsp3) is 0.0769. The Labute approximate surface area is 289 Å². The minimum absolute atomic E-state index is 0.879. The molecule has 45 heavy (non-hydrogen) atoms. The number of halogens is 2. The van der Waals surface area contributed by atoms with Crippen LogP contribution in [0.2, 0.25) is 0 Å². The molecule has 0 unspecified atom stereocenters. The molecule has 0 N–H and O–H groups in total. The highest BCUT2D eigenvalue weighted by Gasteiger charge is 2.21. The molecule has 8 aromatic rings. The lowest BCUT2D eigenvalue weighted by molar-refractivity contribution is 0.669. The van der Waals surface area contributed by atoms with E-state index in [2.05, 4.69) is 175 Å². The summed E-state index contributed by atoms with van der Waals surface area (Å²) in [5, 5.41) is 4.48. The van der Waals surface area contributed by atoms with Crippen molar-refractivity contribution in [3.63, 3.8) is 0 Å². The maximum absolute atomic E-state index is 6.63. The summed E-state index contributed by atoms with van der Waals surface area (Å²) in [4.78, 5) is 0. The number of fused-ring (bicyclic) bond motifs is 6. The SMILES string of the molecule is CCc1ccc(N(I)c2cccc3c2oc2cccc(-c4cc(N(I)c5cccc6c5oc5ccccc56)ccc4C)c23)cc1. The van der Waals surface area contributed by atoms with Gasteiger partial charge in [-0.3, -0.25) is 6.23 Å². The van der Waals surface area contributed by atoms with Gasteiger partial charge in [0.05, 0.1) is 68.5 Å². The molecule has 0 saturated carbocycles. The van der Waals surface area contributed by atoms with Gasteiger partial charge in [-0.1, -0.05) is 79.7 Å². The lowest BCUT2D eigenvalue weighted by Gasteiger charge is -2.19. The molecule has 2 aromatic heterocycles. The molecule has 0 aliphatic rings. The average molecular weight is 810 g/mol. The zero-order valence-corrected chi connectivity index (χ0v) is 29.0. The van der Waals surface area contributed by atoms with Gasteiger partial charge < -0.3 is 8.83 Å². The van der Waals surface area contributed by atoms with Crippen LogP contribution in [0.4, 0.5) is 22.7 Å². The monoisotopic (exact) mass is 810 g/mol. The molecular formula is C39H28I2N2O2. The van der Waals surface area contributed by atoms with E-state index < -0.39 is 0 Å². The number of anilines is 4. The van der Waals surface area contributed by atoms with Gasteiger partial charge in [0.25, 0.3) is 0 Å². The second kappa shape index (κ2) is 11.4. The Bertz CT molecular complexity index is 2370. The molecule has 0 aliphatic heterocycles. The van der Waals surface area contributed by atoms with Crippen molar-refractivity contribution < 1.29 is 8.83 Å². The molecule has 0 fully saturated rings. The van der Waals surface area contributed by atoms with Gasteiger partial charge in [-0.15, -0.1) is 0 Å². The molecule has 8 rings (SSSR count). The van der Waals surface area contributed by atoms with Crippen LogP contribution in [0.15, 0.2) is 130 Å². The molecule has 4 nitrogen and oxygen atoms in total. The van der Waals surface area contributed by atoms with Crippen LogP contribution in [0.1, 0.15) is 18.1 Å². The molecular weight excluding hydrogens is 782 g/mol. The summed E-state index contributed by atoms with van der Waals surface area (Å²) in [6, 6.07) is 42.8. The Hall–Kier alpha value is -4.02. The molecule has 220 valence electrons. The average Bonchev–Trinajstić information content (AvgIpc) is 3.67. The van der Waals surface area contributed by atoms with Crippen molar-refractivity contribution >= 4 is 112 Å². The first kappa shape index (κ1) is 28.5. The van der Waals surface area contributed by atoms with Crippen molar-refractivity contribution in [3.05, 3.63) is 132 Å². The second-order valence-electron chi connectivity index (χ2n) is 11.3. The van der Waals surface area contributed by atoms with Crippen molar-refractivity contribution in [2.45, 2.75) is 20.3 Å². The molecule has 6 heteroatoms. The van der Waals surface area contributed by atoms with E-state index in [-0.39, 0.29) is 0 Å². The maximum atomic E-state index is 6.63. The van der Waals surface area contributed by atoms with Crippen LogP contribution in [0.3, 0.4) is 0 Å². The van der Waals surface area contributed by atoms with Crippen LogP contribution < -0.4 is 6.23 Å². The standard InChI is InChI=1S/C39H28I2N2O2/c1-3-25-18-21-26(22-19-25)42(40)34-14-7-12-31-37-29(10-8-16-36(37)45-39(31)34)32-23-27(20-17-24(32)2)43(41)33-13-6-11-30-28-9-4-5-15-35(28)44-38(30)33/h4-23H,3H2,1-2H3. The molecule has 0 spiro atoms. The van der Waals surface area contributed by atoms with Crippen molar-refractivity contribution in [1.29, 1.82) is 0 Å². The predicted octanol–water partition coefficient (Wildman–Crippen LogP) is 13.0. The van der Waals surface area contributed by atoms with E-state index >= 15 is 0 Å². The van der Waals surface area contributed by atoms with Gasteiger partial charge in [0.2, 0.25) is 0 Å². The third-order valence-electron chi connectivity index (χ3n) is 8.62. The van der Waals surface area contributed by atoms with Gasteiger partial charge in [-0.25, -0.2) is 0 Å². The first-order valence-corrected chi connectivity index (χ1v) is 16.9. The maximum Gasteiger partial charge on any atom is 0.159 e. The predicted molar refractivity (Wildman–Crippen MR) is 206 cm³/mol. The van der Waals surface area contributed by atoms with Gasteiger partial charge in [0.15, 0.2) is 11.2 Å². The van der Waals surface area contributed by atoms with Gasteiger partial charge in [-0.2, -0.15) is 0 Å². The van der Waals surface area contributed by atoms with E-state index in [4.69, 9.17) is 8.83 Å². The lowest BCUT2D eigenvalue weighted by Crippen LogP contribution is -2.02. The Morgan fingerprint density at radius 1 is 0.556 bits per heavy atom. The molecule has 0 atom stereocenters. The minimum Gasteiger partial charge on any atom is -0.454 e. The molecule has 0 aliphatic carbocycles. The Morgan fingerprint density at radius 3 is 1.93 bits per heavy atom. The number of hydrogen-bond acceptors (Lipinski definition) is 4. The summed E-state index contributed by atoms with van der Waals surface area (Å²) in [7, 11) is 0. The number of aryl methyl sites for hydroxylation is 2. The van der Waals surface area contributed by atoms with Crippen LogP contribution in [0, 0.1) is 6.92 Å². The molecule has 6 aromatic carbocycles. The molecule has 2 heterocycles. The fourth-order valence-corrected chi connectivity index (χ4v) is 7.64. The summed E-state index contributed by atoms with van der Waals surface area (Å²) in [6.07, 6.45) is 1.02. The smallest absolute Gasteiger partial charge is 0.159 e. The van der Waals surface area contributed by atoms with Crippen LogP contribution in [0.25, 0.3) is 55.0 Å². The van der Waals surface area contributed by atoms with E-state index in [1.807, 2.05) is 12.1 Å². The number of nitrogens with zero attached hydrogens (tertiary/aromatic N) is 2. The van der Waals surface area contributed by atoms with E-state index in [9.17, 15) is 0 Å². The van der Waals surface area contributed by atoms with E-state index in [1.54, 1.807) is 0 Å². The highest BCUT2D eigenvalue weighted by atomic mass is 127. The van der Waals surface area contributed by atoms with Crippen LogP contribution in [-0.2, 0) is 6.42 Å². The summed E-state index contributed by atoms with van der Waals surface area (Å²) in [5.74, 6) is 0. The Balaban J connectivity index is 1.25. The van der Waals surface area contributed by atoms with Gasteiger partial charge >= 0.3 is 0 Å². The Morgan fingerprint density at radius 2 is 1.16 bits per heavy atom. The summed E-state index contributed by atoms with van der Waals surface area (Å²) in [5.41, 5.74) is 12.6. The highest BCUT2D eigenvalue weighted by Crippen LogP contribution is 2.45. The van der Waals surface area contributed by atoms with E-state index in [1.165, 1.54) is 16.7 Å². The van der Waals surface area contributed by atoms with Crippen LogP contribution >= 0.6 is 45.7 Å². The van der Waals surface area contributed by atoms with Crippen molar-refractivity contribution in [2.24, 2.45) is 0 Å². The second-order valence-corrected chi connectivity index (χ2v) is 13.2. The van der Waals surface area contributed by atoms with E-state index in [0.717, 1.165) is 78.6 Å². The third-order valence-corrected chi connectivity index (χ3v) is 10.8. The first-order valence-electron chi connectivity index (χ1n) is 15.0. The summed E-state index contributed by atoms with van der Waals surface area (Å²) >= 11 is 4.78. The minimum atomic E-state index is 0.879. The van der Waals surface area contributed by atoms with Crippen molar-refractivity contribution in [2.75, 3.05) is 6.23 Å². The van der Waals surface area contributed by atoms with Crippen molar-refractivity contribution in [1.82, 2.24) is 0 Å². The Kier molecular flexibility index (Phi) is 7.21. The third kappa shape index (κ3) is 4.77. The topological polar surface area (TPSA) is 32.8 Å². The lowest BCUT2D eigenvalue weighted by atomic mass is 9.95. The number of benzene rings is 6. The summed E-state index contributed by atoms with van der Waals surface area (Å²) in [6.45, 7) is 4.36. The fourth-order valence-electron chi connectivity index (χ4n) is 6.26. The zero-order chi connectivity index (χ0) is 30.7. The van der Waals surface area contributed by atoms with Gasteiger partial charge in [0, 0.05) is 21.5 Å². The van der Waals surface area contributed by atoms with Crippen LogP contribution in [0.5, 0.6) is 0 Å². The number of rotatable bonds is 6. The number of hydrogen-bond donors (Lipinski definition) is 0. The van der Waals surface area contributed by atoms with Gasteiger partial charge in [0.1, 0.15) is 11.2 Å². The summed E-state index contributed by atoms with van der Waals surface area (Å²) < 4.78 is 17.4. The highest BCUT2D eigenvalue weighted by molar-refractivity contribution is 14.1. The molecule has 0 amide bonds. The normalized spacial score (nSPS) is 11.6. The number of para-hydroxylation sites is 3. The molecule has 0 saturated heterocycles. The zero-order valence-electron chi connectivity index (χ0n) is 24.7. The quantitative estimate of drug-likeness (QED) is 0.124. The molecule has 0 bridgehead atoms. The van der Waals surface area contributed by atoms with E-state index in [0.29, 0.717) is 0 Å².